The minimum atomic E-state index is -4.10. The van der Waals surface area contributed by atoms with E-state index in [9.17, 15) is 8.42 Å². The minimum absolute atomic E-state index is 0.0187. The molecule has 3 heterocycles. The van der Waals surface area contributed by atoms with E-state index in [0.29, 0.717) is 40.9 Å². The van der Waals surface area contributed by atoms with Gasteiger partial charge in [0.1, 0.15) is 34.6 Å². The van der Waals surface area contributed by atoms with Crippen LogP contribution in [0.25, 0.3) is 22.4 Å². The van der Waals surface area contributed by atoms with Gasteiger partial charge >= 0.3 is 0 Å². The Bertz CT molecular complexity index is 1510. The number of benzene rings is 1. The van der Waals surface area contributed by atoms with Crippen molar-refractivity contribution in [1.29, 1.82) is 0 Å². The van der Waals surface area contributed by atoms with Gasteiger partial charge in [0.25, 0.3) is 10.0 Å². The number of aromatic nitrogens is 6. The van der Waals surface area contributed by atoms with Crippen LogP contribution in [0.5, 0.6) is 5.75 Å². The maximum atomic E-state index is 14.1. The highest BCUT2D eigenvalue weighted by Crippen LogP contribution is 2.39. The second-order valence-corrected chi connectivity index (χ2v) is 17.5. The zero-order valence-corrected chi connectivity index (χ0v) is 24.1. The number of rotatable bonds is 10. The number of hydrogen-bond acceptors (Lipinski definition) is 8. The molecular weight excluding hydrogens is 510 g/mol. The van der Waals surface area contributed by atoms with Crippen LogP contribution < -0.4 is 9.04 Å². The Hall–Kier alpha value is -3.29. The van der Waals surface area contributed by atoms with Gasteiger partial charge < -0.3 is 9.47 Å². The summed E-state index contributed by atoms with van der Waals surface area (Å²) in [6, 6.07) is 7.64. The van der Waals surface area contributed by atoms with E-state index < -0.39 is 18.1 Å². The summed E-state index contributed by atoms with van der Waals surface area (Å²) in [6.45, 7) is 8.79. The number of ether oxygens (including phenoxy) is 2. The Morgan fingerprint density at radius 1 is 1.05 bits per heavy atom. The van der Waals surface area contributed by atoms with Gasteiger partial charge in [-0.05, 0) is 37.2 Å². The summed E-state index contributed by atoms with van der Waals surface area (Å²) in [5.74, 6) is 1.55. The molecule has 4 aromatic rings. The van der Waals surface area contributed by atoms with Crippen molar-refractivity contribution in [3.05, 3.63) is 42.5 Å². The molecule has 1 aromatic carbocycles. The average Bonchev–Trinajstić information content (AvgIpc) is 3.39. The predicted molar refractivity (Wildman–Crippen MR) is 145 cm³/mol. The van der Waals surface area contributed by atoms with Crippen molar-refractivity contribution in [3.8, 4) is 17.3 Å². The average molecular weight is 544 g/mol. The highest BCUT2D eigenvalue weighted by atomic mass is 32.2. The number of anilines is 1. The van der Waals surface area contributed by atoms with Crippen molar-refractivity contribution >= 4 is 34.7 Å². The third-order valence-electron chi connectivity index (χ3n) is 5.94. The van der Waals surface area contributed by atoms with Gasteiger partial charge in [-0.2, -0.15) is 10.2 Å². The van der Waals surface area contributed by atoms with Crippen LogP contribution in [-0.4, -0.2) is 66.5 Å². The molecule has 13 heteroatoms. The van der Waals surface area contributed by atoms with E-state index in [-0.39, 0.29) is 11.6 Å². The third-order valence-corrected chi connectivity index (χ3v) is 9.35. The van der Waals surface area contributed by atoms with Gasteiger partial charge in [-0.3, -0.25) is 9.67 Å². The van der Waals surface area contributed by atoms with Crippen LogP contribution in [0.3, 0.4) is 0 Å². The van der Waals surface area contributed by atoms with Crippen LogP contribution in [0.2, 0.25) is 25.7 Å². The van der Waals surface area contributed by atoms with E-state index in [0.717, 1.165) is 11.4 Å². The van der Waals surface area contributed by atoms with Crippen molar-refractivity contribution in [2.45, 2.75) is 37.5 Å². The van der Waals surface area contributed by atoms with Gasteiger partial charge in [0.05, 0.1) is 18.8 Å². The monoisotopic (exact) mass is 543 g/mol. The maximum absolute atomic E-state index is 14.1. The smallest absolute Gasteiger partial charge is 0.267 e. The first kappa shape index (κ1) is 26.8. The van der Waals surface area contributed by atoms with Crippen LogP contribution >= 0.6 is 0 Å². The molecule has 11 nitrogen and oxygen atoms in total. The quantitative estimate of drug-likeness (QED) is 0.169. The van der Waals surface area contributed by atoms with Crippen LogP contribution in [0.4, 0.5) is 5.69 Å². The van der Waals surface area contributed by atoms with Gasteiger partial charge in [-0.25, -0.2) is 22.4 Å². The second kappa shape index (κ2) is 10.2. The van der Waals surface area contributed by atoms with E-state index in [4.69, 9.17) is 9.47 Å². The van der Waals surface area contributed by atoms with Gasteiger partial charge in [0.15, 0.2) is 5.82 Å². The molecule has 3 aromatic heterocycles. The number of hydrogen-bond donors (Lipinski definition) is 0. The number of fused-ring (bicyclic) bond motifs is 1. The molecule has 0 unspecified atom stereocenters. The van der Waals surface area contributed by atoms with E-state index in [2.05, 4.69) is 39.8 Å². The minimum Gasteiger partial charge on any atom is -0.494 e. The molecule has 0 atom stereocenters. The van der Waals surface area contributed by atoms with E-state index in [1.165, 1.54) is 23.7 Å². The lowest BCUT2D eigenvalue weighted by molar-refractivity contribution is 0.156. The Kier molecular flexibility index (Phi) is 7.40. The summed E-state index contributed by atoms with van der Waals surface area (Å²) in [7, 11) is -0.432. The number of aryl methyl sites for hydroxylation is 3. The Morgan fingerprint density at radius 2 is 1.81 bits per heavy atom. The first-order chi connectivity index (χ1) is 17.4. The lowest BCUT2D eigenvalue weighted by atomic mass is 10.2. The highest BCUT2D eigenvalue weighted by Gasteiger charge is 2.31. The van der Waals surface area contributed by atoms with Crippen molar-refractivity contribution in [1.82, 2.24) is 29.5 Å². The van der Waals surface area contributed by atoms with Gasteiger partial charge in [-0.15, -0.1) is 0 Å². The molecule has 0 amide bonds. The summed E-state index contributed by atoms with van der Waals surface area (Å²) >= 11 is 0. The van der Waals surface area contributed by atoms with Crippen molar-refractivity contribution in [2.24, 2.45) is 14.1 Å². The fraction of sp³-hybridized carbons (Fsp3) is 0.417. The highest BCUT2D eigenvalue weighted by molar-refractivity contribution is 7.92. The molecule has 0 bridgehead atoms. The predicted octanol–water partition coefficient (Wildman–Crippen LogP) is 3.59. The summed E-state index contributed by atoms with van der Waals surface area (Å²) in [6.07, 6.45) is 3.02. The van der Waals surface area contributed by atoms with Crippen LogP contribution in [-0.2, 0) is 28.9 Å². The maximum Gasteiger partial charge on any atom is 0.267 e. The summed E-state index contributed by atoms with van der Waals surface area (Å²) in [5, 5.41) is 9.35. The fourth-order valence-corrected chi connectivity index (χ4v) is 6.01. The van der Waals surface area contributed by atoms with Gasteiger partial charge in [0.2, 0.25) is 0 Å². The Labute approximate surface area is 218 Å². The zero-order valence-electron chi connectivity index (χ0n) is 22.3. The summed E-state index contributed by atoms with van der Waals surface area (Å²) in [4.78, 5) is 8.78. The Morgan fingerprint density at radius 3 is 2.41 bits per heavy atom. The molecule has 0 radical (unpaired) electrons. The first-order valence-electron chi connectivity index (χ1n) is 11.9. The normalized spacial score (nSPS) is 12.3. The molecular formula is C24H33N7O4SSi. The topological polar surface area (TPSA) is 117 Å². The largest absolute Gasteiger partial charge is 0.494 e. The molecule has 0 saturated carbocycles. The molecule has 0 spiro atoms. The zero-order chi connectivity index (χ0) is 27.0. The molecule has 0 aliphatic heterocycles. The fourth-order valence-electron chi connectivity index (χ4n) is 3.94. The number of pyridine rings is 1. The third kappa shape index (κ3) is 5.53. The first-order valence-corrected chi connectivity index (χ1v) is 17.0. The number of nitrogens with zero attached hydrogens (tertiary/aromatic N) is 7. The molecule has 0 saturated heterocycles. The molecule has 198 valence electrons. The molecule has 0 aliphatic rings. The van der Waals surface area contributed by atoms with E-state index >= 15 is 0 Å². The lowest BCUT2D eigenvalue weighted by Gasteiger charge is -2.27. The van der Waals surface area contributed by atoms with Crippen LogP contribution in [0.15, 0.2) is 41.6 Å². The van der Waals surface area contributed by atoms with E-state index in [1.54, 1.807) is 48.7 Å². The standard InChI is InChI=1S/C24H33N7O4SSi/c1-17-27-24(30(3)28-17)20-10-9-19(15-25-20)36(32,33)31(16-35-12-13-37(5,6)7)23-21(34-4)11-8-18-14-26-29(2)22(18)23/h8-11,14-15H,12-13,16H2,1-7H3. The number of methoxy groups -OCH3 is 1. The number of sulfonamides is 1. The van der Waals surface area contributed by atoms with Crippen molar-refractivity contribution in [2.75, 3.05) is 24.8 Å². The van der Waals surface area contributed by atoms with E-state index in [1.807, 2.05) is 6.07 Å². The van der Waals surface area contributed by atoms with Crippen molar-refractivity contribution in [3.63, 3.8) is 0 Å². The summed E-state index contributed by atoms with van der Waals surface area (Å²) < 4.78 is 44.2. The van der Waals surface area contributed by atoms with Crippen molar-refractivity contribution < 1.29 is 17.9 Å². The molecule has 0 N–H and O–H groups in total. The molecule has 0 aliphatic carbocycles. The molecule has 4 rings (SSSR count). The summed E-state index contributed by atoms with van der Waals surface area (Å²) in [5.41, 5.74) is 1.50. The molecule has 37 heavy (non-hydrogen) atoms. The van der Waals surface area contributed by atoms with Gasteiger partial charge in [0, 0.05) is 40.4 Å². The SMILES string of the molecule is COc1ccc2cnn(C)c2c1N(COCC[Si](C)(C)C)S(=O)(=O)c1ccc(-c2nc(C)nn2C)nc1. The van der Waals surface area contributed by atoms with Crippen LogP contribution in [0, 0.1) is 6.92 Å². The second-order valence-electron chi connectivity index (χ2n) is 10.0. The molecule has 0 fully saturated rings. The van der Waals surface area contributed by atoms with Crippen LogP contribution in [0.1, 0.15) is 5.82 Å². The lowest BCUT2D eigenvalue weighted by Crippen LogP contribution is -2.35. The Balaban J connectivity index is 1.78. The van der Waals surface area contributed by atoms with Gasteiger partial charge in [-0.1, -0.05) is 19.6 Å².